The van der Waals surface area contributed by atoms with E-state index in [0.29, 0.717) is 0 Å². The number of hydrogen-bond acceptors (Lipinski definition) is 3. The van der Waals surface area contributed by atoms with Crippen molar-refractivity contribution < 1.29 is 41.0 Å². The van der Waals surface area contributed by atoms with Gasteiger partial charge in [0.25, 0.3) is 5.91 Å². The number of rotatable bonds is 2. The zero-order valence-corrected chi connectivity index (χ0v) is 12.6. The monoisotopic (exact) mass is 377 g/mol. The molecule has 1 heterocycles. The number of halogens is 6. The lowest BCUT2D eigenvalue weighted by Crippen LogP contribution is -2.35. The molecule has 138 valence electrons. The maximum absolute atomic E-state index is 13.1. The predicted octanol–water partition coefficient (Wildman–Crippen LogP) is 3.79. The SMILES string of the molecule is O=C1Nc2c(C(F)(F)F)cccc2C1(O)c1ccc(OC(F)(F)F)cc1. The molecule has 0 aromatic heterocycles. The molecule has 1 atom stereocenters. The van der Waals surface area contributed by atoms with Crippen LogP contribution in [0.1, 0.15) is 16.7 Å². The van der Waals surface area contributed by atoms with Crippen molar-refractivity contribution in [2.24, 2.45) is 0 Å². The van der Waals surface area contributed by atoms with E-state index in [-0.39, 0.29) is 11.1 Å². The predicted molar refractivity (Wildman–Crippen MR) is 76.2 cm³/mol. The number of para-hydroxylation sites is 1. The minimum atomic E-state index is -4.93. The van der Waals surface area contributed by atoms with Gasteiger partial charge in [-0.3, -0.25) is 4.79 Å². The topological polar surface area (TPSA) is 58.6 Å². The first-order valence-electron chi connectivity index (χ1n) is 7.04. The van der Waals surface area contributed by atoms with Gasteiger partial charge in [0.15, 0.2) is 5.60 Å². The van der Waals surface area contributed by atoms with Crippen molar-refractivity contribution in [1.82, 2.24) is 0 Å². The average molecular weight is 377 g/mol. The van der Waals surface area contributed by atoms with Crippen molar-refractivity contribution in [2.75, 3.05) is 5.32 Å². The van der Waals surface area contributed by atoms with Crippen LogP contribution in [0, 0.1) is 0 Å². The number of benzene rings is 2. The highest BCUT2D eigenvalue weighted by Crippen LogP contribution is 2.46. The second kappa shape index (κ2) is 5.63. The molecule has 26 heavy (non-hydrogen) atoms. The maximum Gasteiger partial charge on any atom is 0.573 e. The molecule has 1 aliphatic heterocycles. The summed E-state index contributed by atoms with van der Waals surface area (Å²) in [5.41, 5.74) is -4.77. The fourth-order valence-corrected chi connectivity index (χ4v) is 2.74. The summed E-state index contributed by atoms with van der Waals surface area (Å²) in [7, 11) is 0. The molecule has 0 aliphatic carbocycles. The molecule has 0 saturated carbocycles. The lowest BCUT2D eigenvalue weighted by Gasteiger charge is -2.22. The van der Waals surface area contributed by atoms with Gasteiger partial charge >= 0.3 is 12.5 Å². The van der Waals surface area contributed by atoms with Crippen molar-refractivity contribution in [3.8, 4) is 5.75 Å². The van der Waals surface area contributed by atoms with Gasteiger partial charge in [0.1, 0.15) is 5.75 Å². The molecule has 3 rings (SSSR count). The molecule has 0 spiro atoms. The summed E-state index contributed by atoms with van der Waals surface area (Å²) in [5.74, 6) is -1.75. The summed E-state index contributed by atoms with van der Waals surface area (Å²) in [6.45, 7) is 0. The highest BCUT2D eigenvalue weighted by Gasteiger charge is 2.50. The Morgan fingerprint density at radius 2 is 1.58 bits per heavy atom. The molecule has 4 nitrogen and oxygen atoms in total. The quantitative estimate of drug-likeness (QED) is 0.783. The fourth-order valence-electron chi connectivity index (χ4n) is 2.74. The van der Waals surface area contributed by atoms with Crippen LogP contribution in [0.15, 0.2) is 42.5 Å². The highest BCUT2D eigenvalue weighted by molar-refractivity contribution is 6.08. The van der Waals surface area contributed by atoms with E-state index in [1.807, 2.05) is 5.32 Å². The smallest absolute Gasteiger partial charge is 0.406 e. The molecule has 2 aromatic carbocycles. The van der Waals surface area contributed by atoms with E-state index < -0.39 is 41.0 Å². The molecule has 2 aromatic rings. The Bertz CT molecular complexity index is 860. The number of ether oxygens (including phenoxy) is 1. The Morgan fingerprint density at radius 3 is 2.12 bits per heavy atom. The third-order valence-corrected chi connectivity index (χ3v) is 3.83. The van der Waals surface area contributed by atoms with Crippen molar-refractivity contribution >= 4 is 11.6 Å². The molecular weight excluding hydrogens is 368 g/mol. The van der Waals surface area contributed by atoms with Crippen molar-refractivity contribution in [1.29, 1.82) is 0 Å². The first kappa shape index (κ1) is 18.1. The van der Waals surface area contributed by atoms with Crippen molar-refractivity contribution in [3.63, 3.8) is 0 Å². The number of anilines is 1. The zero-order valence-electron chi connectivity index (χ0n) is 12.6. The van der Waals surface area contributed by atoms with Crippen LogP contribution in [0.2, 0.25) is 0 Å². The first-order chi connectivity index (χ1) is 11.9. The molecular formula is C16H9F6NO3. The van der Waals surface area contributed by atoms with Gasteiger partial charge in [0.05, 0.1) is 11.3 Å². The molecule has 1 unspecified atom stereocenters. The average Bonchev–Trinajstić information content (AvgIpc) is 2.78. The summed E-state index contributed by atoms with van der Waals surface area (Å²) in [5, 5.41) is 12.7. The van der Waals surface area contributed by atoms with Gasteiger partial charge < -0.3 is 15.2 Å². The lowest BCUT2D eigenvalue weighted by atomic mass is 9.87. The van der Waals surface area contributed by atoms with Gasteiger partial charge in [-0.15, -0.1) is 13.2 Å². The number of nitrogens with one attached hydrogen (secondary N) is 1. The van der Waals surface area contributed by atoms with Gasteiger partial charge in [0, 0.05) is 5.56 Å². The van der Waals surface area contributed by atoms with Gasteiger partial charge in [0.2, 0.25) is 0 Å². The molecule has 0 bridgehead atoms. The van der Waals surface area contributed by atoms with Gasteiger partial charge in [-0.1, -0.05) is 24.3 Å². The third kappa shape index (κ3) is 2.96. The van der Waals surface area contributed by atoms with Crippen molar-refractivity contribution in [3.05, 3.63) is 59.2 Å². The standard InChI is InChI=1S/C16H9F6NO3/c17-15(18,19)11-3-1-2-10-12(11)23-13(24)14(10,25)8-4-6-9(7-5-8)26-16(20,21)22/h1-7,25H,(H,23,24). The minimum absolute atomic E-state index is 0.206. The van der Waals surface area contributed by atoms with Gasteiger partial charge in [-0.2, -0.15) is 13.2 Å². The van der Waals surface area contributed by atoms with E-state index in [0.717, 1.165) is 42.5 Å². The van der Waals surface area contributed by atoms with E-state index in [1.165, 1.54) is 0 Å². The van der Waals surface area contributed by atoms with E-state index in [9.17, 15) is 36.2 Å². The molecule has 0 radical (unpaired) electrons. The van der Waals surface area contributed by atoms with Crippen LogP contribution in [0.25, 0.3) is 0 Å². The van der Waals surface area contributed by atoms with Crippen molar-refractivity contribution in [2.45, 2.75) is 18.1 Å². The lowest BCUT2D eigenvalue weighted by molar-refractivity contribution is -0.274. The summed E-state index contributed by atoms with van der Waals surface area (Å²) < 4.78 is 79.5. The Hall–Kier alpha value is -2.75. The largest absolute Gasteiger partial charge is 0.573 e. The Kier molecular flexibility index (Phi) is 3.91. The van der Waals surface area contributed by atoms with Crippen LogP contribution >= 0.6 is 0 Å². The van der Waals surface area contributed by atoms with Crippen LogP contribution in [-0.2, 0) is 16.6 Å². The molecule has 1 aliphatic rings. The van der Waals surface area contributed by atoms with Gasteiger partial charge in [-0.05, 0) is 23.8 Å². The highest BCUT2D eigenvalue weighted by atomic mass is 19.4. The second-order valence-corrected chi connectivity index (χ2v) is 5.46. The maximum atomic E-state index is 13.1. The number of carbonyl (C=O) groups is 1. The first-order valence-corrected chi connectivity index (χ1v) is 7.04. The van der Waals surface area contributed by atoms with E-state index in [1.54, 1.807) is 0 Å². The Labute approximate surface area is 142 Å². The van der Waals surface area contributed by atoms with Crippen LogP contribution in [0.5, 0.6) is 5.75 Å². The van der Waals surface area contributed by atoms with E-state index in [2.05, 4.69) is 4.74 Å². The number of hydrogen-bond donors (Lipinski definition) is 2. The number of carbonyl (C=O) groups excluding carboxylic acids is 1. The van der Waals surface area contributed by atoms with E-state index >= 15 is 0 Å². The second-order valence-electron chi connectivity index (χ2n) is 5.46. The molecule has 2 N–H and O–H groups in total. The number of fused-ring (bicyclic) bond motifs is 1. The van der Waals surface area contributed by atoms with Crippen LogP contribution in [0.3, 0.4) is 0 Å². The zero-order chi connectivity index (χ0) is 19.3. The van der Waals surface area contributed by atoms with E-state index in [4.69, 9.17) is 0 Å². The Morgan fingerprint density at radius 1 is 0.962 bits per heavy atom. The number of amides is 1. The normalized spacial score (nSPS) is 19.9. The number of aliphatic hydroxyl groups is 1. The molecule has 1 amide bonds. The fraction of sp³-hybridized carbons (Fsp3) is 0.188. The van der Waals surface area contributed by atoms with Crippen LogP contribution in [-0.4, -0.2) is 17.4 Å². The minimum Gasteiger partial charge on any atom is -0.406 e. The Balaban J connectivity index is 2.06. The third-order valence-electron chi connectivity index (χ3n) is 3.83. The van der Waals surface area contributed by atoms with Crippen LogP contribution < -0.4 is 10.1 Å². The van der Waals surface area contributed by atoms with Gasteiger partial charge in [-0.25, -0.2) is 0 Å². The molecule has 0 saturated heterocycles. The molecule has 10 heteroatoms. The summed E-state index contributed by atoms with van der Waals surface area (Å²) in [6, 6.07) is 6.52. The molecule has 0 fully saturated rings. The summed E-state index contributed by atoms with van der Waals surface area (Å²) >= 11 is 0. The van der Waals surface area contributed by atoms with Crippen LogP contribution in [0.4, 0.5) is 32.0 Å². The summed E-state index contributed by atoms with van der Waals surface area (Å²) in [4.78, 5) is 12.2. The number of alkyl halides is 6. The summed E-state index contributed by atoms with van der Waals surface area (Å²) in [6.07, 6.45) is -9.70.